The van der Waals surface area contributed by atoms with Gasteiger partial charge in [-0.3, -0.25) is 4.52 Å². The Bertz CT molecular complexity index is 1060. The Morgan fingerprint density at radius 1 is 0.744 bits per heavy atom. The van der Waals surface area contributed by atoms with Gasteiger partial charge in [0.2, 0.25) is 0 Å². The van der Waals surface area contributed by atoms with E-state index in [0.29, 0.717) is 26.4 Å². The van der Waals surface area contributed by atoms with Gasteiger partial charge in [-0.05, 0) is 45.2 Å². The Kier molecular flexibility index (Phi) is 9.86. The second-order valence-electron chi connectivity index (χ2n) is 11.7. The number of hydrogen-bond acceptors (Lipinski definition) is 6. The lowest BCUT2D eigenvalue weighted by Crippen LogP contribution is -2.46. The van der Waals surface area contributed by atoms with Gasteiger partial charge in [-0.1, -0.05) is 87.3 Å². The molecule has 4 heterocycles. The van der Waals surface area contributed by atoms with Gasteiger partial charge in [0.05, 0.1) is 31.8 Å². The molecule has 39 heavy (non-hydrogen) atoms. The van der Waals surface area contributed by atoms with Crippen LogP contribution >= 0.6 is 17.2 Å². The fourth-order valence-corrected chi connectivity index (χ4v) is 8.55. The molecule has 0 atom stereocenters. The highest BCUT2D eigenvalue weighted by atomic mass is 31.2. The highest BCUT2D eigenvalue weighted by Crippen LogP contribution is 2.56. The largest absolute Gasteiger partial charge is 0.463 e. The average molecular weight is 575 g/mol. The van der Waals surface area contributed by atoms with Crippen LogP contribution in [0.3, 0.4) is 0 Å². The molecule has 8 heteroatoms. The van der Waals surface area contributed by atoms with Crippen LogP contribution in [-0.2, 0) is 18.1 Å². The monoisotopic (exact) mass is 574 g/mol. The molecule has 2 aromatic rings. The van der Waals surface area contributed by atoms with Gasteiger partial charge in [0.25, 0.3) is 0 Å². The highest BCUT2D eigenvalue weighted by molar-refractivity contribution is 7.42. The van der Waals surface area contributed by atoms with Crippen molar-refractivity contribution in [1.29, 1.82) is 0 Å². The zero-order valence-corrected chi connectivity index (χ0v) is 26.0. The summed E-state index contributed by atoms with van der Waals surface area (Å²) in [6, 6.07) is 9.01. The lowest BCUT2D eigenvalue weighted by atomic mass is 9.83. The van der Waals surface area contributed by atoms with Crippen LogP contribution in [0, 0.1) is 33.1 Å². The summed E-state index contributed by atoms with van der Waals surface area (Å²) in [4.78, 5) is 0. The smallest absolute Gasteiger partial charge is 0.417 e. The summed E-state index contributed by atoms with van der Waals surface area (Å²) in [6.45, 7) is 13.0. The highest BCUT2D eigenvalue weighted by Gasteiger charge is 2.46. The molecule has 0 aromatic heterocycles. The van der Waals surface area contributed by atoms with E-state index >= 15 is 0 Å². The molecule has 0 spiro atoms. The first-order chi connectivity index (χ1) is 18.9. The number of unbranched alkanes of at least 4 members (excludes halogenated alkanes) is 6. The Morgan fingerprint density at radius 3 is 1.79 bits per heavy atom. The number of aryl methyl sites for hydroxylation is 4. The molecule has 214 valence electrons. The van der Waals surface area contributed by atoms with Crippen LogP contribution in [0.2, 0.25) is 0 Å². The van der Waals surface area contributed by atoms with E-state index in [0.717, 1.165) is 29.0 Å². The van der Waals surface area contributed by atoms with Crippen molar-refractivity contribution in [1.82, 2.24) is 0 Å². The Morgan fingerprint density at radius 2 is 1.26 bits per heavy atom. The molecule has 6 rings (SSSR count). The van der Waals surface area contributed by atoms with Gasteiger partial charge in [-0.15, -0.1) is 0 Å². The number of benzene rings is 2. The predicted molar refractivity (Wildman–Crippen MR) is 158 cm³/mol. The van der Waals surface area contributed by atoms with Crippen LogP contribution in [0.1, 0.15) is 97.6 Å². The third-order valence-corrected chi connectivity index (χ3v) is 10.0. The molecule has 3 fully saturated rings. The van der Waals surface area contributed by atoms with E-state index < -0.39 is 17.2 Å². The van der Waals surface area contributed by atoms with Crippen LogP contribution in [0.4, 0.5) is 0 Å². The SMILES string of the molecule is CCCCCCCCCC1c2cc(C)cc(C)c2OP(OCC23COP(OC2)OC3)Oc2c(C)cc(C)cc21. The van der Waals surface area contributed by atoms with Crippen LogP contribution in [0.25, 0.3) is 0 Å². The van der Waals surface area contributed by atoms with Gasteiger partial charge in [0, 0.05) is 17.0 Å². The van der Waals surface area contributed by atoms with E-state index in [1.54, 1.807) is 0 Å². The molecular weight excluding hydrogens is 530 g/mol. The fraction of sp³-hybridized carbons (Fsp3) is 0.613. The second kappa shape index (κ2) is 13.1. The maximum absolute atomic E-state index is 6.66. The number of fused-ring (bicyclic) bond motifs is 5. The van der Waals surface area contributed by atoms with Crippen molar-refractivity contribution in [2.45, 2.75) is 91.9 Å². The fourth-order valence-electron chi connectivity index (χ4n) is 5.87. The molecule has 4 aliphatic rings. The third-order valence-electron chi connectivity index (χ3n) is 7.98. The molecule has 6 nitrogen and oxygen atoms in total. The van der Waals surface area contributed by atoms with E-state index in [9.17, 15) is 0 Å². The van der Waals surface area contributed by atoms with Crippen LogP contribution < -0.4 is 9.05 Å². The molecule has 0 aliphatic carbocycles. The van der Waals surface area contributed by atoms with Gasteiger partial charge in [-0.25, -0.2) is 0 Å². The van der Waals surface area contributed by atoms with Crippen molar-refractivity contribution < 1.29 is 27.1 Å². The van der Waals surface area contributed by atoms with Crippen molar-refractivity contribution in [3.63, 3.8) is 0 Å². The molecule has 0 radical (unpaired) electrons. The summed E-state index contributed by atoms with van der Waals surface area (Å²) in [5.41, 5.74) is 6.92. The molecule has 2 bridgehead atoms. The molecule has 0 unspecified atom stereocenters. The minimum absolute atomic E-state index is 0.213. The van der Waals surface area contributed by atoms with Crippen molar-refractivity contribution in [3.05, 3.63) is 57.6 Å². The van der Waals surface area contributed by atoms with Gasteiger partial charge < -0.3 is 22.6 Å². The lowest BCUT2D eigenvalue weighted by Gasteiger charge is -2.43. The van der Waals surface area contributed by atoms with E-state index in [2.05, 4.69) is 58.9 Å². The molecule has 2 aromatic carbocycles. The summed E-state index contributed by atoms with van der Waals surface area (Å²) in [6.07, 6.45) is 10.1. The molecule has 0 saturated carbocycles. The predicted octanol–water partition coefficient (Wildman–Crippen LogP) is 9.50. The normalized spacial score (nSPS) is 25.7. The standard InChI is InChI=1S/C31H44O6P2/c1-6-7-8-9-10-11-12-13-26-27-16-22(2)14-24(4)29(27)36-39(37-30-25(5)15-23(3)17-28(26)30)35-21-31-18-32-38(33-19-31)34-20-31/h14-17,26H,6-13,18-21H2,1-5H3. The van der Waals surface area contributed by atoms with E-state index in [1.165, 1.54) is 67.2 Å². The van der Waals surface area contributed by atoms with Gasteiger partial charge in [-0.2, -0.15) is 0 Å². The van der Waals surface area contributed by atoms with E-state index in [1.807, 2.05) is 0 Å². The Balaban J connectivity index is 1.42. The maximum atomic E-state index is 6.66. The first kappa shape index (κ1) is 29.2. The number of rotatable bonds is 11. The van der Waals surface area contributed by atoms with Crippen molar-refractivity contribution in [2.24, 2.45) is 5.41 Å². The first-order valence-electron chi connectivity index (χ1n) is 14.6. The van der Waals surface area contributed by atoms with Crippen molar-refractivity contribution in [3.8, 4) is 11.5 Å². The summed E-state index contributed by atoms with van der Waals surface area (Å²) >= 11 is 0. The molecular formula is C31H44O6P2. The zero-order valence-electron chi connectivity index (χ0n) is 24.2. The summed E-state index contributed by atoms with van der Waals surface area (Å²) in [5.74, 6) is 2.02. The minimum Gasteiger partial charge on any atom is -0.417 e. The van der Waals surface area contributed by atoms with Crippen LogP contribution in [-0.4, -0.2) is 26.4 Å². The topological polar surface area (TPSA) is 55.4 Å². The second-order valence-corrected chi connectivity index (χ2v) is 14.0. The molecule has 0 amide bonds. The lowest BCUT2D eigenvalue weighted by molar-refractivity contribution is -0.0926. The first-order valence-corrected chi connectivity index (χ1v) is 16.8. The zero-order chi connectivity index (χ0) is 27.4. The molecule has 3 saturated heterocycles. The maximum Gasteiger partial charge on any atom is 0.463 e. The van der Waals surface area contributed by atoms with Gasteiger partial charge in [0.15, 0.2) is 0 Å². The Hall–Kier alpha value is -1.26. The third kappa shape index (κ3) is 6.97. The van der Waals surface area contributed by atoms with Crippen LogP contribution in [0.15, 0.2) is 24.3 Å². The minimum atomic E-state index is -1.69. The number of hydrogen-bond donors (Lipinski definition) is 0. The average Bonchev–Trinajstić information content (AvgIpc) is 2.92. The van der Waals surface area contributed by atoms with E-state index in [4.69, 9.17) is 27.1 Å². The Labute approximate surface area is 237 Å². The molecule has 4 aliphatic heterocycles. The summed E-state index contributed by atoms with van der Waals surface area (Å²) in [5, 5.41) is 0. The van der Waals surface area contributed by atoms with Gasteiger partial charge in [0.1, 0.15) is 11.5 Å². The van der Waals surface area contributed by atoms with Crippen molar-refractivity contribution in [2.75, 3.05) is 26.4 Å². The quantitative estimate of drug-likeness (QED) is 0.197. The molecule has 0 N–H and O–H groups in total. The summed E-state index contributed by atoms with van der Waals surface area (Å²) < 4.78 is 36.8. The van der Waals surface area contributed by atoms with Crippen molar-refractivity contribution >= 4 is 17.2 Å². The van der Waals surface area contributed by atoms with E-state index in [-0.39, 0.29) is 11.3 Å². The van der Waals surface area contributed by atoms with Gasteiger partial charge >= 0.3 is 17.2 Å². The summed E-state index contributed by atoms with van der Waals surface area (Å²) in [7, 11) is -2.87. The van der Waals surface area contributed by atoms with Crippen LogP contribution in [0.5, 0.6) is 11.5 Å².